The van der Waals surface area contributed by atoms with Gasteiger partial charge in [-0.05, 0) is 73.3 Å². The third-order valence-corrected chi connectivity index (χ3v) is 7.71. The Morgan fingerprint density at radius 2 is 1.69 bits per heavy atom. The first-order valence-electron chi connectivity index (χ1n) is 12.1. The van der Waals surface area contributed by atoms with Gasteiger partial charge < -0.3 is 5.73 Å². The fourth-order valence-electron chi connectivity index (χ4n) is 4.86. The number of nitrogens with zero attached hydrogens (tertiary/aromatic N) is 1. The van der Waals surface area contributed by atoms with Crippen molar-refractivity contribution in [1.82, 2.24) is 4.90 Å². The Morgan fingerprint density at radius 3 is 2.39 bits per heavy atom. The number of carbonyl (C=O) groups excluding carboxylic acids is 2. The van der Waals surface area contributed by atoms with Crippen LogP contribution in [0.1, 0.15) is 47.2 Å². The summed E-state index contributed by atoms with van der Waals surface area (Å²) < 4.78 is 13.4. The summed E-state index contributed by atoms with van der Waals surface area (Å²) in [7, 11) is 0. The number of likely N-dealkylation sites (tertiary alicyclic amines) is 1. The van der Waals surface area contributed by atoms with Crippen molar-refractivity contribution in [2.24, 2.45) is 5.73 Å². The van der Waals surface area contributed by atoms with Crippen LogP contribution in [0.25, 0.3) is 0 Å². The summed E-state index contributed by atoms with van der Waals surface area (Å²) in [5, 5.41) is 0.816. The molecule has 4 rings (SSSR count). The maximum absolute atomic E-state index is 13.7. The molecule has 2 unspecified atom stereocenters. The fraction of sp³-hybridized carbons (Fsp3) is 0.310. The Balaban J connectivity index is 1.55. The molecule has 4 nitrogen and oxygen atoms in total. The van der Waals surface area contributed by atoms with Gasteiger partial charge >= 0.3 is 0 Å². The van der Waals surface area contributed by atoms with E-state index in [1.807, 2.05) is 30.3 Å². The van der Waals surface area contributed by atoms with Gasteiger partial charge in [0.2, 0.25) is 0 Å². The largest absolute Gasteiger partial charge is 0.315 e. The van der Waals surface area contributed by atoms with Crippen LogP contribution in [-0.4, -0.2) is 35.6 Å². The van der Waals surface area contributed by atoms with Crippen LogP contribution in [0, 0.1) is 5.82 Å². The lowest BCUT2D eigenvalue weighted by Crippen LogP contribution is -2.51. The van der Waals surface area contributed by atoms with Gasteiger partial charge in [-0.3, -0.25) is 14.5 Å². The number of halogens is 3. The molecule has 36 heavy (non-hydrogen) atoms. The number of ketones is 2. The molecule has 0 aliphatic carbocycles. The lowest BCUT2D eigenvalue weighted by atomic mass is 9.80. The van der Waals surface area contributed by atoms with Crippen LogP contribution in [-0.2, 0) is 16.8 Å². The average molecular weight is 527 g/mol. The zero-order valence-corrected chi connectivity index (χ0v) is 21.4. The van der Waals surface area contributed by atoms with Gasteiger partial charge in [-0.15, -0.1) is 0 Å². The fourth-order valence-corrected chi connectivity index (χ4v) is 5.18. The van der Waals surface area contributed by atoms with E-state index < -0.39 is 5.54 Å². The van der Waals surface area contributed by atoms with Crippen molar-refractivity contribution in [3.05, 3.63) is 105 Å². The first-order valence-corrected chi connectivity index (χ1v) is 12.9. The highest BCUT2D eigenvalue weighted by atomic mass is 35.5. The minimum atomic E-state index is -1.24. The third-order valence-electron chi connectivity index (χ3n) is 6.97. The zero-order chi connectivity index (χ0) is 25.7. The second-order valence-corrected chi connectivity index (χ2v) is 10.2. The summed E-state index contributed by atoms with van der Waals surface area (Å²) >= 11 is 12.2. The highest BCUT2D eigenvalue weighted by molar-refractivity contribution is 6.42. The lowest BCUT2D eigenvalue weighted by molar-refractivity contribution is -0.124. The normalized spacial score (nSPS) is 17.9. The summed E-state index contributed by atoms with van der Waals surface area (Å²) in [5.41, 5.74) is 7.60. The highest BCUT2D eigenvalue weighted by Crippen LogP contribution is 2.30. The smallest absolute Gasteiger partial charge is 0.179 e. The second-order valence-electron chi connectivity index (χ2n) is 9.35. The first-order chi connectivity index (χ1) is 17.3. The molecule has 1 saturated heterocycles. The van der Waals surface area contributed by atoms with E-state index in [0.29, 0.717) is 28.6 Å². The molecular formula is C29H29Cl2FN2O2. The maximum atomic E-state index is 13.7. The van der Waals surface area contributed by atoms with E-state index in [0.717, 1.165) is 36.9 Å². The molecule has 0 spiro atoms. The molecule has 1 aliphatic heterocycles. The molecule has 0 radical (unpaired) electrons. The Bertz CT molecular complexity index is 1220. The summed E-state index contributed by atoms with van der Waals surface area (Å²) in [5.74, 6) is -0.534. The minimum Gasteiger partial charge on any atom is -0.315 e. The van der Waals surface area contributed by atoms with Gasteiger partial charge in [-0.25, -0.2) is 4.39 Å². The van der Waals surface area contributed by atoms with E-state index in [2.05, 4.69) is 4.90 Å². The Kier molecular flexibility index (Phi) is 8.58. The molecule has 188 valence electrons. The van der Waals surface area contributed by atoms with Gasteiger partial charge in [0.15, 0.2) is 11.6 Å². The van der Waals surface area contributed by atoms with E-state index in [-0.39, 0.29) is 29.8 Å². The predicted molar refractivity (Wildman–Crippen MR) is 142 cm³/mol. The molecule has 0 saturated carbocycles. The molecule has 3 aromatic carbocycles. The molecule has 0 aromatic heterocycles. The van der Waals surface area contributed by atoms with Gasteiger partial charge in [0, 0.05) is 18.5 Å². The van der Waals surface area contributed by atoms with Crippen LogP contribution in [0.2, 0.25) is 10.0 Å². The second kappa shape index (κ2) is 11.7. The summed E-state index contributed by atoms with van der Waals surface area (Å²) in [6.07, 6.45) is 3.09. The Morgan fingerprint density at radius 1 is 0.972 bits per heavy atom. The number of Topliss-reactive ketones (excluding diaryl/α,β-unsaturated/α-hetero) is 2. The van der Waals surface area contributed by atoms with E-state index in [1.165, 1.54) is 24.3 Å². The molecule has 1 heterocycles. The number of hydrogen-bond acceptors (Lipinski definition) is 4. The van der Waals surface area contributed by atoms with Gasteiger partial charge in [0.05, 0.1) is 16.1 Å². The monoisotopic (exact) mass is 526 g/mol. The maximum Gasteiger partial charge on any atom is 0.179 e. The van der Waals surface area contributed by atoms with Crippen LogP contribution >= 0.6 is 23.2 Å². The van der Waals surface area contributed by atoms with Crippen LogP contribution in [0.5, 0.6) is 0 Å². The van der Waals surface area contributed by atoms with Crippen molar-refractivity contribution >= 4 is 34.8 Å². The van der Waals surface area contributed by atoms with Gasteiger partial charge in [-0.1, -0.05) is 66.0 Å². The molecule has 2 N–H and O–H groups in total. The average Bonchev–Trinajstić information content (AvgIpc) is 2.90. The van der Waals surface area contributed by atoms with Gasteiger partial charge in [0.25, 0.3) is 0 Å². The van der Waals surface area contributed by atoms with Crippen LogP contribution in [0.15, 0.2) is 72.8 Å². The Labute approximate surface area is 221 Å². The molecule has 1 aliphatic rings. The van der Waals surface area contributed by atoms with E-state index in [4.69, 9.17) is 28.9 Å². The van der Waals surface area contributed by atoms with E-state index >= 15 is 0 Å². The zero-order valence-electron chi connectivity index (χ0n) is 19.9. The first kappa shape index (κ1) is 26.5. The van der Waals surface area contributed by atoms with Crippen LogP contribution < -0.4 is 5.73 Å². The third kappa shape index (κ3) is 6.04. The quantitative estimate of drug-likeness (QED) is 0.336. The van der Waals surface area contributed by atoms with Crippen LogP contribution in [0.4, 0.5) is 4.39 Å². The molecule has 1 fully saturated rings. The highest BCUT2D eigenvalue weighted by Gasteiger charge is 2.38. The van der Waals surface area contributed by atoms with Crippen molar-refractivity contribution in [3.8, 4) is 0 Å². The number of rotatable bonds is 9. The standard InChI is InChI=1S/C29H29Cl2FN2O2/c30-24-14-9-20(18-25(24)31)19-27(35)29(33,22-6-2-1-3-7-22)15-17-34-16-5-4-8-26(34)28(36)21-10-12-23(32)13-11-21/h1-3,6-7,9-14,18,26H,4-5,8,15-17,19,33H2. The molecular weight excluding hydrogens is 498 g/mol. The Hall–Kier alpha value is -2.57. The van der Waals surface area contributed by atoms with Crippen molar-refractivity contribution in [2.45, 2.75) is 43.7 Å². The molecule has 2 atom stereocenters. The number of carbonyl (C=O) groups is 2. The van der Waals surface area contributed by atoms with Crippen molar-refractivity contribution in [3.63, 3.8) is 0 Å². The minimum absolute atomic E-state index is 0.0286. The summed E-state index contributed by atoms with van der Waals surface area (Å²) in [6.45, 7) is 1.22. The number of piperidine rings is 1. The molecule has 3 aromatic rings. The van der Waals surface area contributed by atoms with Gasteiger partial charge in [-0.2, -0.15) is 0 Å². The van der Waals surface area contributed by atoms with Crippen LogP contribution in [0.3, 0.4) is 0 Å². The van der Waals surface area contributed by atoms with E-state index in [9.17, 15) is 14.0 Å². The van der Waals surface area contributed by atoms with E-state index in [1.54, 1.807) is 18.2 Å². The summed E-state index contributed by atoms with van der Waals surface area (Å²) in [6, 6.07) is 19.8. The number of benzene rings is 3. The molecule has 0 bridgehead atoms. The topological polar surface area (TPSA) is 63.4 Å². The molecule has 7 heteroatoms. The number of nitrogens with two attached hydrogens (primary N) is 1. The number of hydrogen-bond donors (Lipinski definition) is 1. The van der Waals surface area contributed by atoms with Crippen molar-refractivity contribution in [2.75, 3.05) is 13.1 Å². The molecule has 0 amide bonds. The predicted octanol–water partition coefficient (Wildman–Crippen LogP) is 6.23. The summed E-state index contributed by atoms with van der Waals surface area (Å²) in [4.78, 5) is 29.0. The lowest BCUT2D eigenvalue weighted by Gasteiger charge is -2.37. The van der Waals surface area contributed by atoms with Gasteiger partial charge in [0.1, 0.15) is 11.4 Å². The van der Waals surface area contributed by atoms with Crippen molar-refractivity contribution in [1.29, 1.82) is 0 Å². The van der Waals surface area contributed by atoms with Crippen molar-refractivity contribution < 1.29 is 14.0 Å². The SMILES string of the molecule is NC(CCN1CCCCC1C(=O)c1ccc(F)cc1)(C(=O)Cc1ccc(Cl)c(Cl)c1)c1ccccc1.